The third kappa shape index (κ3) is 3.82. The minimum Gasteiger partial charge on any atom is -0.489 e. The summed E-state index contributed by atoms with van der Waals surface area (Å²) in [4.78, 5) is 0.145. The number of hydrogen-bond acceptors (Lipinski definition) is 4. The highest BCUT2D eigenvalue weighted by Crippen LogP contribution is 2.22. The van der Waals surface area contributed by atoms with Gasteiger partial charge in [0.15, 0.2) is 9.84 Å². The quantitative estimate of drug-likeness (QED) is 0.917. The van der Waals surface area contributed by atoms with Crippen molar-refractivity contribution in [1.82, 2.24) is 0 Å². The summed E-state index contributed by atoms with van der Waals surface area (Å²) in [7, 11) is -3.33. The van der Waals surface area contributed by atoms with Crippen molar-refractivity contribution < 1.29 is 18.3 Å². The molecule has 0 radical (unpaired) electrons. The standard InChI is InChI=1S/C15H16O4S/c1-20(17,18)15-8-13(10-16)7-14(9-15)19-11-12-5-3-2-4-6-12/h2-9,16H,10-11H2,1H3. The number of sulfone groups is 1. The summed E-state index contributed by atoms with van der Waals surface area (Å²) in [5, 5.41) is 9.19. The van der Waals surface area contributed by atoms with Crippen molar-refractivity contribution in [2.45, 2.75) is 18.1 Å². The molecule has 0 unspecified atom stereocenters. The van der Waals surface area contributed by atoms with Crippen molar-refractivity contribution >= 4 is 9.84 Å². The smallest absolute Gasteiger partial charge is 0.175 e. The van der Waals surface area contributed by atoms with Crippen LogP contribution < -0.4 is 4.74 Å². The van der Waals surface area contributed by atoms with Crippen LogP contribution in [-0.2, 0) is 23.1 Å². The predicted molar refractivity (Wildman–Crippen MR) is 76.2 cm³/mol. The molecule has 0 aliphatic heterocycles. The topological polar surface area (TPSA) is 63.6 Å². The number of benzene rings is 2. The number of hydrogen-bond donors (Lipinski definition) is 1. The Balaban J connectivity index is 2.23. The number of rotatable bonds is 5. The second-order valence-electron chi connectivity index (χ2n) is 4.52. The first-order valence-electron chi connectivity index (χ1n) is 6.10. The van der Waals surface area contributed by atoms with Crippen molar-refractivity contribution in [2.24, 2.45) is 0 Å². The molecule has 1 N–H and O–H groups in total. The molecule has 0 atom stereocenters. The second-order valence-corrected chi connectivity index (χ2v) is 6.53. The molecule has 0 aromatic heterocycles. The lowest BCUT2D eigenvalue weighted by Crippen LogP contribution is -2.01. The van der Waals surface area contributed by atoms with Gasteiger partial charge >= 0.3 is 0 Å². The van der Waals surface area contributed by atoms with Crippen LogP contribution >= 0.6 is 0 Å². The molecule has 0 saturated heterocycles. The molecule has 20 heavy (non-hydrogen) atoms. The molecule has 0 spiro atoms. The van der Waals surface area contributed by atoms with Gasteiger partial charge in [0.05, 0.1) is 11.5 Å². The summed E-state index contributed by atoms with van der Waals surface area (Å²) >= 11 is 0. The average Bonchev–Trinajstić information content (AvgIpc) is 2.45. The zero-order chi connectivity index (χ0) is 14.6. The van der Waals surface area contributed by atoms with Crippen molar-refractivity contribution in [3.8, 4) is 5.75 Å². The van der Waals surface area contributed by atoms with E-state index in [2.05, 4.69) is 0 Å². The Hall–Kier alpha value is -1.85. The molecule has 0 amide bonds. The minimum atomic E-state index is -3.33. The van der Waals surface area contributed by atoms with E-state index in [4.69, 9.17) is 4.74 Å². The maximum atomic E-state index is 11.6. The molecule has 2 aromatic rings. The van der Waals surface area contributed by atoms with Crippen molar-refractivity contribution in [3.63, 3.8) is 0 Å². The van der Waals surface area contributed by atoms with E-state index < -0.39 is 9.84 Å². The monoisotopic (exact) mass is 292 g/mol. The zero-order valence-corrected chi connectivity index (χ0v) is 11.9. The van der Waals surface area contributed by atoms with Gasteiger partial charge in [-0.05, 0) is 29.3 Å². The van der Waals surface area contributed by atoms with Gasteiger partial charge in [0.25, 0.3) is 0 Å². The average molecular weight is 292 g/mol. The van der Waals surface area contributed by atoms with Crippen LogP contribution in [0.25, 0.3) is 0 Å². The Morgan fingerprint density at radius 2 is 1.75 bits per heavy atom. The predicted octanol–water partition coefficient (Wildman–Crippen LogP) is 2.16. The van der Waals surface area contributed by atoms with Gasteiger partial charge in [-0.2, -0.15) is 0 Å². The lowest BCUT2D eigenvalue weighted by Gasteiger charge is -2.10. The number of ether oxygens (including phenoxy) is 1. The lowest BCUT2D eigenvalue weighted by atomic mass is 10.2. The first kappa shape index (κ1) is 14.6. The second kappa shape index (κ2) is 6.07. The Kier molecular flexibility index (Phi) is 4.42. The van der Waals surface area contributed by atoms with E-state index in [0.717, 1.165) is 11.8 Å². The maximum Gasteiger partial charge on any atom is 0.175 e. The number of aliphatic hydroxyl groups excluding tert-OH is 1. The van der Waals surface area contributed by atoms with Gasteiger partial charge in [0, 0.05) is 6.26 Å². The highest BCUT2D eigenvalue weighted by molar-refractivity contribution is 7.90. The summed E-state index contributed by atoms with van der Waals surface area (Å²) in [6.45, 7) is 0.115. The maximum absolute atomic E-state index is 11.6. The van der Waals surface area contributed by atoms with Crippen LogP contribution in [0.3, 0.4) is 0 Å². The van der Waals surface area contributed by atoms with Crippen LogP contribution in [0, 0.1) is 0 Å². The third-order valence-corrected chi connectivity index (χ3v) is 3.89. The zero-order valence-electron chi connectivity index (χ0n) is 11.1. The van der Waals surface area contributed by atoms with Gasteiger partial charge in [-0.1, -0.05) is 30.3 Å². The molecule has 0 saturated carbocycles. The van der Waals surface area contributed by atoms with Crippen LogP contribution in [0.2, 0.25) is 0 Å². The molecule has 106 valence electrons. The van der Waals surface area contributed by atoms with Crippen molar-refractivity contribution in [2.75, 3.05) is 6.26 Å². The SMILES string of the molecule is CS(=O)(=O)c1cc(CO)cc(OCc2ccccc2)c1. The van der Waals surface area contributed by atoms with Gasteiger partial charge < -0.3 is 9.84 Å². The molecule has 2 rings (SSSR count). The van der Waals surface area contributed by atoms with Crippen LogP contribution in [-0.4, -0.2) is 19.8 Å². The van der Waals surface area contributed by atoms with Gasteiger partial charge in [0.2, 0.25) is 0 Å². The number of aliphatic hydroxyl groups is 1. The fourth-order valence-corrected chi connectivity index (χ4v) is 2.46. The van der Waals surface area contributed by atoms with Crippen LogP contribution in [0.5, 0.6) is 5.75 Å². The lowest BCUT2D eigenvalue weighted by molar-refractivity contribution is 0.277. The van der Waals surface area contributed by atoms with E-state index in [1.54, 1.807) is 6.07 Å². The van der Waals surface area contributed by atoms with Gasteiger partial charge in [0.1, 0.15) is 12.4 Å². The van der Waals surface area contributed by atoms with Gasteiger partial charge in [-0.15, -0.1) is 0 Å². The first-order valence-corrected chi connectivity index (χ1v) is 8.00. The highest BCUT2D eigenvalue weighted by Gasteiger charge is 2.11. The molecule has 0 aliphatic carbocycles. The van der Waals surface area contributed by atoms with Gasteiger partial charge in [-0.3, -0.25) is 0 Å². The molecule has 0 bridgehead atoms. The highest BCUT2D eigenvalue weighted by atomic mass is 32.2. The molecule has 0 fully saturated rings. The van der Waals surface area contributed by atoms with Crippen LogP contribution in [0.15, 0.2) is 53.4 Å². The molecule has 4 nitrogen and oxygen atoms in total. The summed E-state index contributed by atoms with van der Waals surface area (Å²) in [5.74, 6) is 0.431. The Labute approximate surface area is 118 Å². The van der Waals surface area contributed by atoms with Crippen molar-refractivity contribution in [3.05, 3.63) is 59.7 Å². The fraction of sp³-hybridized carbons (Fsp3) is 0.200. The van der Waals surface area contributed by atoms with Crippen LogP contribution in [0.4, 0.5) is 0 Å². The Bertz CT molecular complexity index is 678. The molecule has 0 heterocycles. The normalized spacial score (nSPS) is 11.3. The summed E-state index contributed by atoms with van der Waals surface area (Å²) in [5.41, 5.74) is 1.50. The fourth-order valence-electron chi connectivity index (χ4n) is 1.76. The molecule has 5 heteroatoms. The van der Waals surface area contributed by atoms with E-state index in [1.165, 1.54) is 12.1 Å². The Morgan fingerprint density at radius 1 is 1.05 bits per heavy atom. The Morgan fingerprint density at radius 3 is 2.35 bits per heavy atom. The molecule has 0 aliphatic rings. The molecular formula is C15H16O4S. The van der Waals surface area contributed by atoms with E-state index in [9.17, 15) is 13.5 Å². The summed E-state index contributed by atoms with van der Waals surface area (Å²) in [6, 6.07) is 14.1. The summed E-state index contributed by atoms with van der Waals surface area (Å²) in [6.07, 6.45) is 1.13. The minimum absolute atomic E-state index is 0.145. The van der Waals surface area contributed by atoms with Gasteiger partial charge in [-0.25, -0.2) is 8.42 Å². The van der Waals surface area contributed by atoms with E-state index in [1.807, 2.05) is 30.3 Å². The van der Waals surface area contributed by atoms with E-state index in [-0.39, 0.29) is 11.5 Å². The van der Waals surface area contributed by atoms with Crippen molar-refractivity contribution in [1.29, 1.82) is 0 Å². The third-order valence-electron chi connectivity index (χ3n) is 2.80. The largest absolute Gasteiger partial charge is 0.489 e. The van der Waals surface area contributed by atoms with E-state index in [0.29, 0.717) is 17.9 Å². The van der Waals surface area contributed by atoms with E-state index >= 15 is 0 Å². The molecular weight excluding hydrogens is 276 g/mol. The first-order chi connectivity index (χ1) is 9.49. The van der Waals surface area contributed by atoms with Crippen LogP contribution in [0.1, 0.15) is 11.1 Å². The molecule has 2 aromatic carbocycles. The summed E-state index contributed by atoms with van der Waals surface area (Å²) < 4.78 is 28.8.